The molecule has 2 aliphatic heterocycles. The van der Waals surface area contributed by atoms with Crippen LogP contribution in [-0.4, -0.2) is 102 Å². The van der Waals surface area contributed by atoms with Gasteiger partial charge in [-0.25, -0.2) is 14.6 Å². The number of imidazole rings is 1. The summed E-state index contributed by atoms with van der Waals surface area (Å²) in [5.41, 5.74) is 6.57. The zero-order valence-electron chi connectivity index (χ0n) is 29.9. The van der Waals surface area contributed by atoms with E-state index in [9.17, 15) is 19.5 Å². The molecule has 0 saturated carbocycles. The van der Waals surface area contributed by atoms with Crippen LogP contribution in [0.1, 0.15) is 38.2 Å². The van der Waals surface area contributed by atoms with Crippen molar-refractivity contribution in [3.8, 4) is 28.1 Å². The summed E-state index contributed by atoms with van der Waals surface area (Å²) < 4.78 is 15.4. The molecule has 3 amide bonds. The number of alkyl carbamates (subject to hydrolysis) is 2. The first-order chi connectivity index (χ1) is 25.2. The number of amides is 3. The van der Waals surface area contributed by atoms with Crippen LogP contribution in [0.4, 0.5) is 21.0 Å². The number of aromatic nitrogens is 2. The molecule has 2 unspecified atom stereocenters. The molecule has 6 rings (SSSR count). The molecule has 0 spiro atoms. The molecular formula is C37H46N8O7. The van der Waals surface area contributed by atoms with Gasteiger partial charge in [-0.3, -0.25) is 9.69 Å². The number of benzene rings is 3. The lowest BCUT2D eigenvalue weighted by Crippen LogP contribution is -2.46. The van der Waals surface area contributed by atoms with Gasteiger partial charge in [0.2, 0.25) is 5.91 Å². The van der Waals surface area contributed by atoms with Crippen LogP contribution in [0.25, 0.3) is 33.2 Å². The molecule has 0 bridgehead atoms. The van der Waals surface area contributed by atoms with Crippen LogP contribution < -0.4 is 26.0 Å². The standard InChI is InChI=1S/C37H46N8O7/c1-5-13-44(32(46)17-38-36(48)50-3)19-30-40-27-12-9-24-15-22(7-10-25(24)34(27)42-30)23-8-11-26-29(16-23)52-21-28-35(26)43-31(41-28)20-45(14-6-2)33(47)18-39-37(49)51-4/h7-12,15-16,30,33,40,42,47H,5-6,13-14,17-21H2,1-4H3,(H,38,48)(H,39,49)(H,41,43). The minimum atomic E-state index is -0.904. The SMILES string of the molecule is CCCN(CC1Nc2ccc3cc(-c4ccc5c(c4)OCc4[nH]c(CN(CCC)C(O)CNC(=O)OC)nc4-5)ccc3c2N1)C(=O)CNC(=O)OC. The summed E-state index contributed by atoms with van der Waals surface area (Å²) >= 11 is 0. The third-order valence-corrected chi connectivity index (χ3v) is 9.16. The predicted molar refractivity (Wildman–Crippen MR) is 197 cm³/mol. The second kappa shape index (κ2) is 16.2. The van der Waals surface area contributed by atoms with Crippen LogP contribution in [0.5, 0.6) is 5.75 Å². The summed E-state index contributed by atoms with van der Waals surface area (Å²) in [5, 5.41) is 24.9. The number of ether oxygens (including phenoxy) is 3. The Kier molecular flexibility index (Phi) is 11.3. The van der Waals surface area contributed by atoms with Gasteiger partial charge in [0.15, 0.2) is 0 Å². The molecular weight excluding hydrogens is 668 g/mol. The molecule has 4 aromatic rings. The van der Waals surface area contributed by atoms with Crippen molar-refractivity contribution in [1.82, 2.24) is 30.4 Å². The number of carbonyl (C=O) groups excluding carboxylic acids is 3. The summed E-state index contributed by atoms with van der Waals surface area (Å²) in [6.07, 6.45) is -0.729. The lowest BCUT2D eigenvalue weighted by molar-refractivity contribution is -0.130. The first-order valence-corrected chi connectivity index (χ1v) is 17.5. The van der Waals surface area contributed by atoms with E-state index in [0.717, 1.165) is 68.8 Å². The number of anilines is 2. The fraction of sp³-hybridized carbons (Fsp3) is 0.405. The van der Waals surface area contributed by atoms with Crippen LogP contribution in [0.3, 0.4) is 0 Å². The summed E-state index contributed by atoms with van der Waals surface area (Å²) in [6.45, 7) is 6.25. The quantitative estimate of drug-likeness (QED) is 0.102. The Labute approximate surface area is 302 Å². The van der Waals surface area contributed by atoms with E-state index < -0.39 is 18.4 Å². The van der Waals surface area contributed by atoms with Gasteiger partial charge >= 0.3 is 12.2 Å². The molecule has 276 valence electrons. The van der Waals surface area contributed by atoms with Crippen molar-refractivity contribution in [3.63, 3.8) is 0 Å². The molecule has 52 heavy (non-hydrogen) atoms. The largest absolute Gasteiger partial charge is 0.487 e. The minimum Gasteiger partial charge on any atom is -0.487 e. The molecule has 1 aromatic heterocycles. The zero-order chi connectivity index (χ0) is 36.8. The minimum absolute atomic E-state index is 0.0336. The number of aromatic amines is 1. The Morgan fingerprint density at radius 3 is 2.50 bits per heavy atom. The Morgan fingerprint density at radius 2 is 1.73 bits per heavy atom. The van der Waals surface area contributed by atoms with Crippen molar-refractivity contribution in [2.45, 2.75) is 52.2 Å². The molecule has 3 aromatic carbocycles. The number of hydrogen-bond acceptors (Lipinski definition) is 11. The average molecular weight is 715 g/mol. The molecule has 2 atom stereocenters. The topological polar surface area (TPSA) is 182 Å². The lowest BCUT2D eigenvalue weighted by Gasteiger charge is -2.26. The summed E-state index contributed by atoms with van der Waals surface area (Å²) in [5.74, 6) is 1.26. The first kappa shape index (κ1) is 36.3. The van der Waals surface area contributed by atoms with E-state index in [1.54, 1.807) is 4.90 Å². The fourth-order valence-electron chi connectivity index (χ4n) is 6.64. The Balaban J connectivity index is 1.15. The van der Waals surface area contributed by atoms with Crippen molar-refractivity contribution in [2.24, 2.45) is 0 Å². The number of H-pyrrole nitrogens is 1. The smallest absolute Gasteiger partial charge is 0.407 e. The van der Waals surface area contributed by atoms with Gasteiger partial charge in [-0.1, -0.05) is 38.1 Å². The van der Waals surface area contributed by atoms with E-state index in [2.05, 4.69) is 66.1 Å². The number of rotatable bonds is 14. The van der Waals surface area contributed by atoms with Gasteiger partial charge in [-0.15, -0.1) is 0 Å². The maximum Gasteiger partial charge on any atom is 0.407 e. The lowest BCUT2D eigenvalue weighted by atomic mass is 9.97. The number of nitrogens with one attached hydrogen (secondary N) is 5. The highest BCUT2D eigenvalue weighted by molar-refractivity contribution is 6.03. The van der Waals surface area contributed by atoms with Crippen molar-refractivity contribution in [2.75, 3.05) is 57.6 Å². The molecule has 0 aliphatic carbocycles. The number of nitrogens with zero attached hydrogens (tertiary/aromatic N) is 3. The highest BCUT2D eigenvalue weighted by Gasteiger charge is 2.27. The fourth-order valence-corrected chi connectivity index (χ4v) is 6.64. The number of aliphatic hydroxyl groups excluding tert-OH is 1. The number of aliphatic hydroxyl groups is 1. The Morgan fingerprint density at radius 1 is 0.981 bits per heavy atom. The van der Waals surface area contributed by atoms with E-state index in [1.165, 1.54) is 14.2 Å². The molecule has 0 fully saturated rings. The number of hydrogen-bond donors (Lipinski definition) is 6. The molecule has 0 radical (unpaired) electrons. The second-order valence-corrected chi connectivity index (χ2v) is 12.8. The van der Waals surface area contributed by atoms with Gasteiger partial charge in [-0.05, 0) is 53.6 Å². The van der Waals surface area contributed by atoms with Gasteiger partial charge in [0.1, 0.15) is 37.1 Å². The van der Waals surface area contributed by atoms with Gasteiger partial charge in [0.25, 0.3) is 0 Å². The maximum absolute atomic E-state index is 12.8. The molecule has 3 heterocycles. The van der Waals surface area contributed by atoms with E-state index in [1.807, 2.05) is 36.9 Å². The van der Waals surface area contributed by atoms with Crippen molar-refractivity contribution < 1.29 is 33.7 Å². The van der Waals surface area contributed by atoms with Crippen LogP contribution in [0, 0.1) is 0 Å². The first-order valence-electron chi connectivity index (χ1n) is 17.5. The van der Waals surface area contributed by atoms with Crippen molar-refractivity contribution in [1.29, 1.82) is 0 Å². The molecule has 15 heteroatoms. The van der Waals surface area contributed by atoms with Gasteiger partial charge in [0.05, 0.1) is 56.6 Å². The maximum atomic E-state index is 12.8. The highest BCUT2D eigenvalue weighted by atomic mass is 16.5. The monoisotopic (exact) mass is 714 g/mol. The van der Waals surface area contributed by atoms with E-state index >= 15 is 0 Å². The molecule has 0 saturated heterocycles. The third kappa shape index (κ3) is 8.00. The van der Waals surface area contributed by atoms with Crippen LogP contribution >= 0.6 is 0 Å². The summed E-state index contributed by atoms with van der Waals surface area (Å²) in [6, 6.07) is 16.6. The van der Waals surface area contributed by atoms with Crippen molar-refractivity contribution in [3.05, 3.63) is 60.0 Å². The van der Waals surface area contributed by atoms with E-state index in [-0.39, 0.29) is 25.2 Å². The second-order valence-electron chi connectivity index (χ2n) is 12.8. The number of fused-ring (bicyclic) bond motifs is 6. The zero-order valence-corrected chi connectivity index (χ0v) is 29.9. The highest BCUT2D eigenvalue weighted by Crippen LogP contribution is 2.41. The average Bonchev–Trinajstić information content (AvgIpc) is 3.78. The van der Waals surface area contributed by atoms with Crippen molar-refractivity contribution >= 4 is 40.2 Å². The van der Waals surface area contributed by atoms with Crippen LogP contribution in [-0.2, 0) is 27.4 Å². The summed E-state index contributed by atoms with van der Waals surface area (Å²) in [4.78, 5) is 47.7. The Bertz CT molecular complexity index is 1930. The molecule has 2 aliphatic rings. The van der Waals surface area contributed by atoms with Crippen LogP contribution in [0.2, 0.25) is 0 Å². The third-order valence-electron chi connectivity index (χ3n) is 9.16. The Hall–Kier alpha value is -5.54. The number of methoxy groups -OCH3 is 2. The van der Waals surface area contributed by atoms with Crippen LogP contribution in [0.15, 0.2) is 48.5 Å². The normalized spacial score (nSPS) is 14.6. The molecule has 15 nitrogen and oxygen atoms in total. The molecule has 6 N–H and O–H groups in total. The number of carbonyl (C=O) groups is 3. The van der Waals surface area contributed by atoms with Gasteiger partial charge in [-0.2, -0.15) is 0 Å². The van der Waals surface area contributed by atoms with E-state index in [0.29, 0.717) is 38.6 Å². The van der Waals surface area contributed by atoms with Gasteiger partial charge < -0.3 is 50.5 Å². The van der Waals surface area contributed by atoms with E-state index in [4.69, 9.17) is 9.72 Å². The van der Waals surface area contributed by atoms with Gasteiger partial charge in [0, 0.05) is 24.0 Å². The predicted octanol–water partition coefficient (Wildman–Crippen LogP) is 4.43. The summed E-state index contributed by atoms with van der Waals surface area (Å²) in [7, 11) is 2.55.